The summed E-state index contributed by atoms with van der Waals surface area (Å²) in [7, 11) is 0. The number of hydrogen-bond acceptors (Lipinski definition) is 5. The molecule has 1 saturated carbocycles. The summed E-state index contributed by atoms with van der Waals surface area (Å²) in [6.07, 6.45) is 4.22. The monoisotopic (exact) mass is 216 g/mol. The molecule has 1 N–H and O–H groups in total. The van der Waals surface area contributed by atoms with E-state index in [0.717, 1.165) is 0 Å². The van der Waals surface area contributed by atoms with E-state index in [4.69, 9.17) is 4.52 Å². The molecule has 2 aromatic heterocycles. The van der Waals surface area contributed by atoms with Gasteiger partial charge >= 0.3 is 0 Å². The Labute approximate surface area is 92.9 Å². The van der Waals surface area contributed by atoms with Crippen molar-refractivity contribution in [1.29, 1.82) is 0 Å². The van der Waals surface area contributed by atoms with E-state index in [-0.39, 0.29) is 0 Å². The fourth-order valence-corrected chi connectivity index (χ4v) is 1.44. The zero-order valence-electron chi connectivity index (χ0n) is 8.76. The molecule has 0 atom stereocenters. The van der Waals surface area contributed by atoms with Crippen molar-refractivity contribution in [2.24, 2.45) is 0 Å². The van der Waals surface area contributed by atoms with Gasteiger partial charge in [0.05, 0.1) is 6.54 Å². The molecule has 82 valence electrons. The molecule has 0 aliphatic heterocycles. The molecule has 5 nitrogen and oxygen atoms in total. The average molecular weight is 216 g/mol. The van der Waals surface area contributed by atoms with Crippen LogP contribution in [0.3, 0.4) is 0 Å². The van der Waals surface area contributed by atoms with Gasteiger partial charge in [-0.05, 0) is 25.0 Å². The lowest BCUT2D eigenvalue weighted by molar-refractivity contribution is 0.418. The van der Waals surface area contributed by atoms with Crippen LogP contribution in [0.2, 0.25) is 0 Å². The highest BCUT2D eigenvalue weighted by Gasteiger charge is 2.21. The summed E-state index contributed by atoms with van der Waals surface area (Å²) in [6, 6.07) is 6.26. The van der Waals surface area contributed by atoms with Crippen molar-refractivity contribution in [2.75, 3.05) is 0 Å². The van der Waals surface area contributed by atoms with Crippen molar-refractivity contribution >= 4 is 0 Å². The molecule has 2 aromatic rings. The van der Waals surface area contributed by atoms with Gasteiger partial charge in [-0.3, -0.25) is 4.98 Å². The van der Waals surface area contributed by atoms with Crippen molar-refractivity contribution < 1.29 is 4.52 Å². The van der Waals surface area contributed by atoms with Crippen LogP contribution in [0.1, 0.15) is 18.7 Å². The maximum absolute atomic E-state index is 5.14. The predicted molar refractivity (Wildman–Crippen MR) is 57.4 cm³/mol. The molecule has 0 saturated heterocycles. The lowest BCUT2D eigenvalue weighted by atomic mass is 10.3. The highest BCUT2D eigenvalue weighted by atomic mass is 16.5. The molecule has 1 fully saturated rings. The minimum atomic E-state index is 0.480. The molecule has 0 unspecified atom stereocenters. The predicted octanol–water partition coefficient (Wildman–Crippen LogP) is 1.38. The van der Waals surface area contributed by atoms with Crippen LogP contribution in [0.4, 0.5) is 0 Å². The number of rotatable bonds is 4. The van der Waals surface area contributed by atoms with E-state index in [0.29, 0.717) is 30.0 Å². The number of pyridine rings is 1. The van der Waals surface area contributed by atoms with Gasteiger partial charge < -0.3 is 9.84 Å². The quantitative estimate of drug-likeness (QED) is 0.836. The summed E-state index contributed by atoms with van der Waals surface area (Å²) < 4.78 is 5.14. The van der Waals surface area contributed by atoms with E-state index in [9.17, 15) is 0 Å². The topological polar surface area (TPSA) is 63.8 Å². The second-order valence-electron chi connectivity index (χ2n) is 3.89. The number of nitrogens with zero attached hydrogens (tertiary/aromatic N) is 3. The Balaban J connectivity index is 1.71. The van der Waals surface area contributed by atoms with Crippen LogP contribution >= 0.6 is 0 Å². The highest BCUT2D eigenvalue weighted by Crippen LogP contribution is 2.19. The summed E-state index contributed by atoms with van der Waals surface area (Å²) in [5, 5.41) is 7.24. The average Bonchev–Trinajstić information content (AvgIpc) is 3.05. The first kappa shape index (κ1) is 9.47. The van der Waals surface area contributed by atoms with Crippen molar-refractivity contribution in [3.8, 4) is 11.6 Å². The SMILES string of the molecule is c1ccc(-c2nc(CNC3CC3)no2)nc1. The van der Waals surface area contributed by atoms with Crippen molar-refractivity contribution in [1.82, 2.24) is 20.4 Å². The number of aromatic nitrogens is 3. The van der Waals surface area contributed by atoms with Gasteiger partial charge in [-0.25, -0.2) is 0 Å². The fourth-order valence-electron chi connectivity index (χ4n) is 1.44. The highest BCUT2D eigenvalue weighted by molar-refractivity contribution is 5.45. The van der Waals surface area contributed by atoms with Crippen LogP contribution in [0.5, 0.6) is 0 Å². The van der Waals surface area contributed by atoms with Crippen LogP contribution in [-0.4, -0.2) is 21.2 Å². The van der Waals surface area contributed by atoms with Crippen LogP contribution in [-0.2, 0) is 6.54 Å². The van der Waals surface area contributed by atoms with E-state index < -0.39 is 0 Å². The van der Waals surface area contributed by atoms with Gasteiger partial charge in [0.2, 0.25) is 0 Å². The molecule has 2 heterocycles. The summed E-state index contributed by atoms with van der Waals surface area (Å²) in [6.45, 7) is 0.668. The first-order chi connectivity index (χ1) is 7.92. The van der Waals surface area contributed by atoms with E-state index in [1.54, 1.807) is 6.20 Å². The van der Waals surface area contributed by atoms with Crippen molar-refractivity contribution in [3.63, 3.8) is 0 Å². The third-order valence-electron chi connectivity index (χ3n) is 2.48. The Morgan fingerprint density at radius 1 is 1.38 bits per heavy atom. The number of nitrogens with one attached hydrogen (secondary N) is 1. The summed E-state index contributed by atoms with van der Waals surface area (Å²) >= 11 is 0. The molecule has 1 aliphatic rings. The smallest absolute Gasteiger partial charge is 0.276 e. The second kappa shape index (κ2) is 4.02. The van der Waals surface area contributed by atoms with E-state index in [2.05, 4.69) is 20.4 Å². The third kappa shape index (κ3) is 2.09. The lowest BCUT2D eigenvalue weighted by Gasteiger charge is -1.94. The normalized spacial score (nSPS) is 15.2. The zero-order valence-corrected chi connectivity index (χ0v) is 8.76. The molecule has 16 heavy (non-hydrogen) atoms. The molecule has 5 heteroatoms. The van der Waals surface area contributed by atoms with E-state index >= 15 is 0 Å². The Bertz CT molecular complexity index is 464. The molecule has 0 amide bonds. The Hall–Kier alpha value is -1.75. The van der Waals surface area contributed by atoms with Gasteiger partial charge in [0.15, 0.2) is 5.82 Å². The molecule has 0 spiro atoms. The van der Waals surface area contributed by atoms with Gasteiger partial charge in [0.25, 0.3) is 5.89 Å². The van der Waals surface area contributed by atoms with E-state index in [1.165, 1.54) is 12.8 Å². The van der Waals surface area contributed by atoms with Crippen LogP contribution in [0, 0.1) is 0 Å². The largest absolute Gasteiger partial charge is 0.332 e. The number of hydrogen-bond donors (Lipinski definition) is 1. The van der Waals surface area contributed by atoms with Crippen LogP contribution in [0.25, 0.3) is 11.6 Å². The lowest BCUT2D eigenvalue weighted by Crippen LogP contribution is -2.16. The zero-order chi connectivity index (χ0) is 10.8. The first-order valence-electron chi connectivity index (χ1n) is 5.39. The van der Waals surface area contributed by atoms with Gasteiger partial charge in [-0.15, -0.1) is 0 Å². The Morgan fingerprint density at radius 2 is 2.31 bits per heavy atom. The summed E-state index contributed by atoms with van der Waals surface area (Å²) in [4.78, 5) is 8.43. The molecular weight excluding hydrogens is 204 g/mol. The van der Waals surface area contributed by atoms with Crippen LogP contribution in [0.15, 0.2) is 28.9 Å². The van der Waals surface area contributed by atoms with Crippen molar-refractivity contribution in [2.45, 2.75) is 25.4 Å². The van der Waals surface area contributed by atoms with Gasteiger partial charge in [-0.1, -0.05) is 11.2 Å². The molecule has 0 aromatic carbocycles. The molecule has 1 aliphatic carbocycles. The van der Waals surface area contributed by atoms with Gasteiger partial charge in [-0.2, -0.15) is 4.98 Å². The fraction of sp³-hybridized carbons (Fsp3) is 0.364. The Kier molecular flexibility index (Phi) is 2.38. The minimum absolute atomic E-state index is 0.480. The minimum Gasteiger partial charge on any atom is -0.332 e. The van der Waals surface area contributed by atoms with Crippen LogP contribution < -0.4 is 5.32 Å². The molecule has 0 bridgehead atoms. The van der Waals surface area contributed by atoms with Gasteiger partial charge in [0.1, 0.15) is 5.69 Å². The molecule has 3 rings (SSSR count). The maximum atomic E-state index is 5.14. The Morgan fingerprint density at radius 3 is 3.06 bits per heavy atom. The summed E-state index contributed by atoms with van der Waals surface area (Å²) in [5.74, 6) is 1.17. The van der Waals surface area contributed by atoms with Crippen molar-refractivity contribution in [3.05, 3.63) is 30.2 Å². The first-order valence-corrected chi connectivity index (χ1v) is 5.39. The third-order valence-corrected chi connectivity index (χ3v) is 2.48. The maximum Gasteiger partial charge on any atom is 0.276 e. The summed E-state index contributed by atoms with van der Waals surface area (Å²) in [5.41, 5.74) is 0.715. The molecular formula is C11H12N4O. The molecule has 0 radical (unpaired) electrons. The second-order valence-corrected chi connectivity index (χ2v) is 3.89. The van der Waals surface area contributed by atoms with Gasteiger partial charge in [0, 0.05) is 12.2 Å². The van der Waals surface area contributed by atoms with E-state index in [1.807, 2.05) is 18.2 Å². The standard InChI is InChI=1S/C11H12N4O/c1-2-6-12-9(3-1)11-14-10(15-16-11)7-13-8-4-5-8/h1-3,6,8,13H,4-5,7H2.